The lowest BCUT2D eigenvalue weighted by Gasteiger charge is -2.36. The lowest BCUT2D eigenvalue weighted by Crippen LogP contribution is -2.55. The monoisotopic (exact) mass is 884 g/mol. The van der Waals surface area contributed by atoms with Crippen LogP contribution in [0, 0.1) is 11.8 Å². The average Bonchev–Trinajstić information content (AvgIpc) is 3.23. The number of fused-ring (bicyclic) bond motifs is 4. The van der Waals surface area contributed by atoms with Crippen LogP contribution < -0.4 is 0 Å². The van der Waals surface area contributed by atoms with E-state index < -0.39 is 99.4 Å². The van der Waals surface area contributed by atoms with Crippen molar-refractivity contribution in [2.75, 3.05) is 13.2 Å². The highest BCUT2D eigenvalue weighted by Gasteiger charge is 2.47. The summed E-state index contributed by atoms with van der Waals surface area (Å²) in [6.45, 7) is 2.75. The Morgan fingerprint density at radius 2 is 1.56 bits per heavy atom. The van der Waals surface area contributed by atoms with Gasteiger partial charge in [-0.3, -0.25) is 23.4 Å². The minimum absolute atomic E-state index is 0.0191. The lowest BCUT2D eigenvalue weighted by molar-refractivity contribution is -0.164. The fourth-order valence-corrected chi connectivity index (χ4v) is 7.79. The van der Waals surface area contributed by atoms with Crippen LogP contribution in [-0.2, 0) is 37.5 Å². The van der Waals surface area contributed by atoms with E-state index in [9.17, 15) is 54.5 Å². The van der Waals surface area contributed by atoms with E-state index in [-0.39, 0.29) is 19.3 Å². The van der Waals surface area contributed by atoms with E-state index in [1.54, 1.807) is 12.2 Å². The van der Waals surface area contributed by atoms with Crippen molar-refractivity contribution in [2.24, 2.45) is 11.8 Å². The van der Waals surface area contributed by atoms with Gasteiger partial charge in [0.05, 0.1) is 30.8 Å². The third kappa shape index (κ3) is 22.4. The van der Waals surface area contributed by atoms with Crippen molar-refractivity contribution in [3.63, 3.8) is 0 Å². The summed E-state index contributed by atoms with van der Waals surface area (Å²) < 4.78 is 34.6. The van der Waals surface area contributed by atoms with Gasteiger partial charge in [-0.1, -0.05) is 113 Å². The van der Waals surface area contributed by atoms with Crippen molar-refractivity contribution in [1.29, 1.82) is 0 Å². The summed E-state index contributed by atoms with van der Waals surface area (Å²) in [6.07, 6.45) is 13.1. The number of esters is 2. The first-order valence-electron chi connectivity index (χ1n) is 22.1. The second-order valence-electron chi connectivity index (χ2n) is 15.9. The Morgan fingerprint density at radius 3 is 2.30 bits per heavy atom. The first-order valence-corrected chi connectivity index (χ1v) is 23.6. The molecule has 2 aliphatic rings. The van der Waals surface area contributed by atoms with Gasteiger partial charge < -0.3 is 45.0 Å². The molecule has 7 N–H and O–H groups in total. The van der Waals surface area contributed by atoms with Crippen LogP contribution in [0.2, 0.25) is 0 Å². The van der Waals surface area contributed by atoms with Gasteiger partial charge in [-0.15, -0.1) is 0 Å². The van der Waals surface area contributed by atoms with Gasteiger partial charge in [-0.05, 0) is 63.9 Å². The van der Waals surface area contributed by atoms with Gasteiger partial charge in [0, 0.05) is 18.8 Å². The molecule has 0 spiro atoms. The number of rotatable bonds is 19. The normalized spacial score (nSPS) is 32.0. The smallest absolute Gasteiger partial charge is 0.462 e. The van der Waals surface area contributed by atoms with E-state index in [0.29, 0.717) is 32.1 Å². The predicted molar refractivity (Wildman–Crippen MR) is 230 cm³/mol. The Morgan fingerprint density at radius 1 is 0.852 bits per heavy atom. The summed E-state index contributed by atoms with van der Waals surface area (Å²) in [5.74, 6) is -4.68. The second-order valence-corrected chi connectivity index (χ2v) is 17.3. The van der Waals surface area contributed by atoms with E-state index in [1.807, 2.05) is 6.92 Å². The molecular weight excluding hydrogens is 811 g/mol. The van der Waals surface area contributed by atoms with Crippen LogP contribution in [-0.4, -0.2) is 115 Å². The van der Waals surface area contributed by atoms with E-state index in [4.69, 9.17) is 18.5 Å². The molecule has 1 heterocycles. The molecule has 0 saturated heterocycles. The van der Waals surface area contributed by atoms with Gasteiger partial charge in [0.1, 0.15) is 31.0 Å². The first kappa shape index (κ1) is 54.3. The highest BCUT2D eigenvalue weighted by Crippen LogP contribution is 2.47. The first-order chi connectivity index (χ1) is 29.2. The number of unbranched alkanes of at least 4 members (excludes halogenated alkanes) is 8. The molecule has 1 unspecified atom stereocenters. The number of ketones is 1. The quantitative estimate of drug-likeness (QED) is 0.0352. The van der Waals surface area contributed by atoms with Crippen LogP contribution in [0.5, 0.6) is 0 Å². The number of ether oxygens (including phenoxy) is 2. The summed E-state index contributed by atoms with van der Waals surface area (Å²) >= 11 is 0. The molecule has 0 aromatic carbocycles. The summed E-state index contributed by atoms with van der Waals surface area (Å²) in [6, 6.07) is 0. The molecule has 0 aromatic rings. The number of cyclic esters (lactones) is 1. The Balaban J connectivity index is 2.25. The van der Waals surface area contributed by atoms with Crippen molar-refractivity contribution in [3.05, 3.63) is 60.8 Å². The molecule has 348 valence electrons. The van der Waals surface area contributed by atoms with Crippen LogP contribution in [0.1, 0.15) is 129 Å². The number of hydrogen-bond donors (Lipinski definition) is 7. The fraction of sp³-hybridized carbons (Fsp3) is 0.711. The van der Waals surface area contributed by atoms with Crippen LogP contribution in [0.3, 0.4) is 0 Å². The highest BCUT2D eigenvalue weighted by molar-refractivity contribution is 7.47. The molecule has 0 amide bonds. The van der Waals surface area contributed by atoms with E-state index in [2.05, 4.69) is 31.2 Å². The average molecular weight is 885 g/mol. The summed E-state index contributed by atoms with van der Waals surface area (Å²) in [7, 11) is -5.42. The summed E-state index contributed by atoms with van der Waals surface area (Å²) in [5.41, 5.74) is 0. The maximum Gasteiger partial charge on any atom is 0.472 e. The van der Waals surface area contributed by atoms with Gasteiger partial charge in [0.25, 0.3) is 0 Å². The molecule has 0 fully saturated rings. The van der Waals surface area contributed by atoms with Gasteiger partial charge in [0.2, 0.25) is 0 Å². The number of aliphatic hydroxyl groups is 6. The number of carbonyl (C=O) groups is 3. The van der Waals surface area contributed by atoms with Crippen molar-refractivity contribution in [3.8, 4) is 0 Å². The molecule has 61 heavy (non-hydrogen) atoms. The van der Waals surface area contributed by atoms with Crippen LogP contribution in [0.4, 0.5) is 0 Å². The molecule has 0 radical (unpaired) electrons. The van der Waals surface area contributed by atoms with Crippen LogP contribution >= 0.6 is 7.82 Å². The molecule has 1 aliphatic heterocycles. The van der Waals surface area contributed by atoms with Crippen LogP contribution in [0.15, 0.2) is 60.8 Å². The van der Waals surface area contributed by atoms with Gasteiger partial charge in [0.15, 0.2) is 11.9 Å². The lowest BCUT2D eigenvalue weighted by atomic mass is 9.87. The summed E-state index contributed by atoms with van der Waals surface area (Å²) in [4.78, 5) is 49.8. The molecular formula is C45H73O15P. The minimum atomic E-state index is -5.42. The van der Waals surface area contributed by atoms with Gasteiger partial charge in [-0.25, -0.2) is 4.57 Å². The topological polar surface area (TPSA) is 247 Å². The molecule has 11 atom stereocenters. The number of hydrogen-bond acceptors (Lipinski definition) is 14. The van der Waals surface area contributed by atoms with E-state index in [1.165, 1.54) is 18.2 Å². The standard InChI is InChI=1S/C45H73O15P/c1-3-5-7-8-9-10-11-12-13-14-15-16-22-26-39(49)59-35-31-57-38(48)25-21-18-17-20-23-33-27-30-37(47)36(29-28-34(46)24-19-6-4-2)41(51)43(53)45(44(54)42(52)40(33)50)60-61(55,56)58-32-35/h7-8,10-11,17,20,27-30,33-36,40-46,50-54H,3-6,9,12-16,18-19,21-26,31-32H2,1-2H3,(H,55,56)/b8-7-,11-10-,20-17-,29-28+,30-27-/t33-,34-,35+,36-,40+,41+,42-,43+,44+,45+/m0/s1. The maximum atomic E-state index is 13.5. The molecule has 2 bridgehead atoms. The number of aliphatic hydroxyl groups excluding tert-OH is 6. The highest BCUT2D eigenvalue weighted by atomic mass is 31.2. The zero-order chi connectivity index (χ0) is 45.0. The maximum absolute atomic E-state index is 13.5. The zero-order valence-corrected chi connectivity index (χ0v) is 36.9. The Kier molecular flexibility index (Phi) is 27.7. The van der Waals surface area contributed by atoms with Crippen molar-refractivity contribution in [2.45, 2.75) is 178 Å². The summed E-state index contributed by atoms with van der Waals surface area (Å²) in [5, 5.41) is 66.9. The Bertz CT molecular complexity index is 1460. The molecule has 2 rings (SSSR count). The zero-order valence-electron chi connectivity index (χ0n) is 36.0. The molecule has 15 nitrogen and oxygen atoms in total. The van der Waals surface area contributed by atoms with Crippen molar-refractivity contribution < 1.29 is 73.0 Å². The number of carbonyl (C=O) groups excluding carboxylic acids is 3. The molecule has 16 heteroatoms. The van der Waals surface area contributed by atoms with E-state index in [0.717, 1.165) is 70.3 Å². The Labute approximate surface area is 361 Å². The molecule has 0 saturated carbocycles. The number of phosphoric ester groups is 1. The molecule has 1 aliphatic carbocycles. The Hall–Kier alpha value is -2.82. The third-order valence-corrected chi connectivity index (χ3v) is 11.5. The fourth-order valence-electron chi connectivity index (χ4n) is 6.82. The SMILES string of the molecule is CCC/C=C\C/C=C\CCCCCCCC(=O)O[C@@H]1COC(=O)CCC/C=C\C[C@H]2/C=C\C(=O)[C@H](/C=C/[C@@H](O)CCCCC)[C@@H](O)[C@@H](O)[C@@H](OP(=O)(O)OC1)[C@H](O)[C@@H](O)[C@@H]2O. The van der Waals surface area contributed by atoms with Gasteiger partial charge >= 0.3 is 19.8 Å². The van der Waals surface area contributed by atoms with Crippen LogP contribution in [0.25, 0.3) is 0 Å². The third-order valence-electron chi connectivity index (χ3n) is 10.6. The predicted octanol–water partition coefficient (Wildman–Crippen LogP) is 5.78. The van der Waals surface area contributed by atoms with Crippen molar-refractivity contribution in [1.82, 2.24) is 0 Å². The van der Waals surface area contributed by atoms with Crippen molar-refractivity contribution >= 4 is 25.5 Å². The number of phosphoric acid groups is 1. The minimum Gasteiger partial charge on any atom is -0.462 e. The largest absolute Gasteiger partial charge is 0.472 e. The number of allylic oxidation sites excluding steroid dienone is 7. The van der Waals surface area contributed by atoms with Gasteiger partial charge in [-0.2, -0.15) is 0 Å². The second kappa shape index (κ2) is 31.1. The molecule has 0 aromatic heterocycles. The van der Waals surface area contributed by atoms with E-state index >= 15 is 0 Å².